The number of amides is 1. The number of aliphatic carboxylic acids is 1. The van der Waals surface area contributed by atoms with Crippen molar-refractivity contribution in [3.8, 4) is 5.75 Å². The molecule has 1 aliphatic rings. The summed E-state index contributed by atoms with van der Waals surface area (Å²) in [6.45, 7) is 3.86. The van der Waals surface area contributed by atoms with Crippen molar-refractivity contribution in [2.75, 3.05) is 25.0 Å². The van der Waals surface area contributed by atoms with Gasteiger partial charge in [-0.05, 0) is 49.1 Å². The van der Waals surface area contributed by atoms with Gasteiger partial charge in [0.05, 0.1) is 6.61 Å². The van der Waals surface area contributed by atoms with Gasteiger partial charge >= 0.3 is 5.97 Å². The maximum Gasteiger partial charge on any atom is 0.326 e. The van der Waals surface area contributed by atoms with Gasteiger partial charge in [-0.15, -0.1) is 0 Å². The van der Waals surface area contributed by atoms with Crippen LogP contribution in [0, 0.1) is 6.92 Å². The average Bonchev–Trinajstić information content (AvgIpc) is 3.27. The second-order valence-corrected chi connectivity index (χ2v) is 8.33. The molecule has 0 spiro atoms. The lowest BCUT2D eigenvalue weighted by Gasteiger charge is -2.15. The molecule has 0 saturated carbocycles. The largest absolute Gasteiger partial charge is 0.494 e. The number of nitrogens with one attached hydrogen (secondary N) is 3. The molecule has 0 radical (unpaired) electrons. The fraction of sp³-hybridized carbons (Fsp3) is 0.360. The van der Waals surface area contributed by atoms with Crippen LogP contribution in [-0.4, -0.2) is 53.7 Å². The number of carbonyl (C=O) groups excluding carboxylic acids is 1. The fourth-order valence-electron chi connectivity index (χ4n) is 3.69. The van der Waals surface area contributed by atoms with Crippen molar-refractivity contribution in [1.29, 1.82) is 0 Å². The highest BCUT2D eigenvalue weighted by molar-refractivity contribution is 5.97. The number of nitrogens with zero attached hydrogens (tertiary/aromatic N) is 2. The molecule has 1 atom stereocenters. The van der Waals surface area contributed by atoms with Crippen LogP contribution in [0.1, 0.15) is 30.4 Å². The molecule has 35 heavy (non-hydrogen) atoms. The third kappa shape index (κ3) is 6.72. The molecule has 4 rings (SSSR count). The zero-order valence-electron chi connectivity index (χ0n) is 19.5. The predicted octanol–water partition coefficient (Wildman–Crippen LogP) is 2.87. The van der Waals surface area contributed by atoms with Crippen molar-refractivity contribution in [3.05, 3.63) is 53.6 Å². The van der Waals surface area contributed by atoms with Crippen LogP contribution in [0.2, 0.25) is 0 Å². The number of para-hydroxylation sites is 1. The number of carboxylic acids is 1. The molecule has 1 unspecified atom stereocenters. The number of anilines is 1. The lowest BCUT2D eigenvalue weighted by atomic mass is 10.1. The first-order valence-electron chi connectivity index (χ1n) is 11.6. The van der Waals surface area contributed by atoms with E-state index in [1.54, 1.807) is 18.2 Å². The number of aliphatic imine (C=N–C) groups is 1. The van der Waals surface area contributed by atoms with Crippen molar-refractivity contribution >= 4 is 35.0 Å². The van der Waals surface area contributed by atoms with Gasteiger partial charge in [-0.3, -0.25) is 15.1 Å². The number of guanidine groups is 1. The SMILES string of the molecule is Cc1cccc2oc(NC(Cc3ccc(OCCCC(=O)NC4=NCCCN4)cc3)C(=O)O)nc12. The summed E-state index contributed by atoms with van der Waals surface area (Å²) in [5, 5.41) is 18.4. The Morgan fingerprint density at radius 1 is 1.23 bits per heavy atom. The summed E-state index contributed by atoms with van der Waals surface area (Å²) in [7, 11) is 0. The Labute approximate surface area is 202 Å². The maximum atomic E-state index is 12.0. The quantitative estimate of drug-likeness (QED) is 0.326. The van der Waals surface area contributed by atoms with E-state index in [2.05, 4.69) is 25.9 Å². The number of hydrogen-bond acceptors (Lipinski definition) is 8. The summed E-state index contributed by atoms with van der Waals surface area (Å²) in [5.41, 5.74) is 3.09. The summed E-state index contributed by atoms with van der Waals surface area (Å²) in [5.74, 6) is 0.0928. The Morgan fingerprint density at radius 3 is 2.77 bits per heavy atom. The Kier molecular flexibility index (Phi) is 7.81. The van der Waals surface area contributed by atoms with Crippen molar-refractivity contribution < 1.29 is 23.8 Å². The van der Waals surface area contributed by atoms with E-state index in [1.165, 1.54) is 0 Å². The van der Waals surface area contributed by atoms with Crippen LogP contribution < -0.4 is 20.7 Å². The number of aryl methyl sites for hydroxylation is 1. The monoisotopic (exact) mass is 479 g/mol. The molecule has 0 bridgehead atoms. The highest BCUT2D eigenvalue weighted by Gasteiger charge is 2.21. The lowest BCUT2D eigenvalue weighted by Crippen LogP contribution is -2.43. The topological polar surface area (TPSA) is 138 Å². The molecule has 4 N–H and O–H groups in total. The third-order valence-corrected chi connectivity index (χ3v) is 5.55. The van der Waals surface area contributed by atoms with Gasteiger partial charge in [0.15, 0.2) is 11.5 Å². The minimum atomic E-state index is -1.00. The number of carboxylic acid groups (broad SMARTS) is 1. The standard InChI is InChI=1S/C25H29N5O5/c1-16-5-2-6-20-22(16)30-25(35-20)28-19(23(32)33)15-17-8-10-18(11-9-17)34-14-3-7-21(31)29-24-26-12-4-13-27-24/h2,5-6,8-11,19H,3-4,7,12-15H2,1H3,(H,28,30)(H,32,33)(H2,26,27,29,31). The summed E-state index contributed by atoms with van der Waals surface area (Å²) in [4.78, 5) is 32.4. The highest BCUT2D eigenvalue weighted by Crippen LogP contribution is 2.23. The molecule has 184 valence electrons. The van der Waals surface area contributed by atoms with Gasteiger partial charge in [0.1, 0.15) is 17.3 Å². The van der Waals surface area contributed by atoms with Crippen LogP contribution in [0.15, 0.2) is 51.9 Å². The van der Waals surface area contributed by atoms with E-state index < -0.39 is 12.0 Å². The third-order valence-electron chi connectivity index (χ3n) is 5.55. The first-order valence-corrected chi connectivity index (χ1v) is 11.6. The summed E-state index contributed by atoms with van der Waals surface area (Å²) in [6, 6.07) is 12.1. The average molecular weight is 480 g/mol. The first-order chi connectivity index (χ1) is 17.0. The van der Waals surface area contributed by atoms with Crippen LogP contribution in [0.25, 0.3) is 11.1 Å². The molecule has 0 fully saturated rings. The van der Waals surface area contributed by atoms with Crippen molar-refractivity contribution in [2.24, 2.45) is 4.99 Å². The molecule has 1 amide bonds. The number of hydrogen-bond donors (Lipinski definition) is 4. The van der Waals surface area contributed by atoms with Gasteiger partial charge in [0.25, 0.3) is 6.01 Å². The van der Waals surface area contributed by atoms with Crippen molar-refractivity contribution in [2.45, 2.75) is 38.6 Å². The molecule has 1 aromatic heterocycles. The zero-order valence-corrected chi connectivity index (χ0v) is 19.5. The fourth-order valence-corrected chi connectivity index (χ4v) is 3.69. The number of aromatic nitrogens is 1. The van der Waals surface area contributed by atoms with E-state index in [9.17, 15) is 14.7 Å². The molecular formula is C25H29N5O5. The molecule has 1 aliphatic heterocycles. The number of oxazole rings is 1. The Morgan fingerprint density at radius 2 is 2.06 bits per heavy atom. The number of rotatable bonds is 10. The summed E-state index contributed by atoms with van der Waals surface area (Å²) in [6.07, 6.45) is 2.11. The normalized spacial score (nSPS) is 14.0. The van der Waals surface area contributed by atoms with Gasteiger partial charge < -0.3 is 24.9 Å². The van der Waals surface area contributed by atoms with Gasteiger partial charge in [-0.25, -0.2) is 4.79 Å². The Bertz CT molecular complexity index is 1200. The van der Waals surface area contributed by atoms with E-state index in [0.29, 0.717) is 42.3 Å². The van der Waals surface area contributed by atoms with Gasteiger partial charge in [0, 0.05) is 25.9 Å². The summed E-state index contributed by atoms with van der Waals surface area (Å²) < 4.78 is 11.4. The highest BCUT2D eigenvalue weighted by atomic mass is 16.5. The molecule has 2 heterocycles. The minimum Gasteiger partial charge on any atom is -0.494 e. The second-order valence-electron chi connectivity index (χ2n) is 8.33. The first kappa shape index (κ1) is 24.1. The molecule has 10 nitrogen and oxygen atoms in total. The molecule has 2 aromatic carbocycles. The molecule has 0 aliphatic carbocycles. The van der Waals surface area contributed by atoms with Crippen LogP contribution in [0.3, 0.4) is 0 Å². The van der Waals surface area contributed by atoms with Gasteiger partial charge in [-0.1, -0.05) is 24.3 Å². The van der Waals surface area contributed by atoms with Gasteiger partial charge in [0.2, 0.25) is 5.91 Å². The maximum absolute atomic E-state index is 12.0. The minimum absolute atomic E-state index is 0.0987. The number of ether oxygens (including phenoxy) is 1. The van der Waals surface area contributed by atoms with E-state index in [1.807, 2.05) is 31.2 Å². The Balaban J connectivity index is 1.24. The predicted molar refractivity (Wildman–Crippen MR) is 132 cm³/mol. The van der Waals surface area contributed by atoms with E-state index in [4.69, 9.17) is 9.15 Å². The molecule has 3 aromatic rings. The van der Waals surface area contributed by atoms with E-state index in [-0.39, 0.29) is 18.3 Å². The van der Waals surface area contributed by atoms with Gasteiger partial charge in [-0.2, -0.15) is 4.98 Å². The van der Waals surface area contributed by atoms with E-state index >= 15 is 0 Å². The smallest absolute Gasteiger partial charge is 0.326 e. The molecular weight excluding hydrogens is 450 g/mol. The Hall–Kier alpha value is -4.08. The van der Waals surface area contributed by atoms with Crippen LogP contribution >= 0.6 is 0 Å². The van der Waals surface area contributed by atoms with Crippen LogP contribution in [0.4, 0.5) is 6.01 Å². The second kappa shape index (κ2) is 11.4. The van der Waals surface area contributed by atoms with Crippen LogP contribution in [0.5, 0.6) is 5.75 Å². The molecule has 0 saturated heterocycles. The number of benzene rings is 2. The molecule has 10 heteroatoms. The van der Waals surface area contributed by atoms with Crippen molar-refractivity contribution in [3.63, 3.8) is 0 Å². The van der Waals surface area contributed by atoms with Crippen LogP contribution in [-0.2, 0) is 16.0 Å². The van der Waals surface area contributed by atoms with Crippen molar-refractivity contribution in [1.82, 2.24) is 15.6 Å². The lowest BCUT2D eigenvalue weighted by molar-refractivity contribution is -0.138. The number of fused-ring (bicyclic) bond motifs is 1. The summed E-state index contributed by atoms with van der Waals surface area (Å²) >= 11 is 0. The number of carbonyl (C=O) groups is 2. The van der Waals surface area contributed by atoms with E-state index in [0.717, 1.165) is 30.6 Å². The zero-order chi connectivity index (χ0) is 24.6.